The second-order valence-electron chi connectivity index (χ2n) is 2.52. The Balaban J connectivity index is 2.83. The summed E-state index contributed by atoms with van der Waals surface area (Å²) in [5.41, 5.74) is 5.35. The first-order valence-corrected chi connectivity index (χ1v) is 4.27. The van der Waals surface area contributed by atoms with E-state index in [1.165, 1.54) is 25.7 Å². The van der Waals surface area contributed by atoms with Gasteiger partial charge in [-0.2, -0.15) is 0 Å². The Bertz CT molecular complexity index is 76.8. The fourth-order valence-corrected chi connectivity index (χ4v) is 0.868. The maximum Gasteiger partial charge on any atom is -0.00773 e. The van der Waals surface area contributed by atoms with Crippen molar-refractivity contribution in [1.29, 1.82) is 0 Å². The summed E-state index contributed by atoms with van der Waals surface area (Å²) >= 11 is 0. The molecule has 0 aromatic heterocycles. The van der Waals surface area contributed by atoms with Crippen LogP contribution in [0.15, 0.2) is 12.2 Å². The largest absolute Gasteiger partial charge is 0.330 e. The van der Waals surface area contributed by atoms with Crippen LogP contribution in [0.1, 0.15) is 39.0 Å². The van der Waals surface area contributed by atoms with Gasteiger partial charge < -0.3 is 5.73 Å². The van der Waals surface area contributed by atoms with Gasteiger partial charge in [0.25, 0.3) is 0 Å². The lowest BCUT2D eigenvalue weighted by Crippen LogP contribution is -1.97. The summed E-state index contributed by atoms with van der Waals surface area (Å²) in [6.07, 6.45) is 10.6. The summed E-state index contributed by atoms with van der Waals surface area (Å²) in [6.45, 7) is 3.01. The van der Waals surface area contributed by atoms with Crippen LogP contribution < -0.4 is 5.73 Å². The van der Waals surface area contributed by atoms with E-state index in [4.69, 9.17) is 5.73 Å². The molecular weight excluding hydrogens is 122 g/mol. The highest BCUT2D eigenvalue weighted by molar-refractivity contribution is 4.79. The molecular formula is C9H19N. The van der Waals surface area contributed by atoms with Crippen LogP contribution in [0.25, 0.3) is 0 Å². The van der Waals surface area contributed by atoms with Crippen molar-refractivity contribution in [1.82, 2.24) is 0 Å². The topological polar surface area (TPSA) is 26.0 Å². The number of hydrogen-bond acceptors (Lipinski definition) is 1. The Morgan fingerprint density at radius 2 is 1.90 bits per heavy atom. The zero-order valence-electron chi connectivity index (χ0n) is 6.97. The highest BCUT2D eigenvalue weighted by Gasteiger charge is 1.82. The third-order valence-corrected chi connectivity index (χ3v) is 1.48. The lowest BCUT2D eigenvalue weighted by molar-refractivity contribution is 0.695. The Kier molecular flexibility index (Phi) is 8.44. The molecule has 10 heavy (non-hydrogen) atoms. The fourth-order valence-electron chi connectivity index (χ4n) is 0.868. The number of hydrogen-bond donors (Lipinski definition) is 1. The summed E-state index contributed by atoms with van der Waals surface area (Å²) in [7, 11) is 0. The molecule has 0 fully saturated rings. The minimum Gasteiger partial charge on any atom is -0.330 e. The minimum absolute atomic E-state index is 0.845. The zero-order chi connectivity index (χ0) is 7.66. The molecule has 1 heteroatoms. The number of nitrogens with two attached hydrogens (primary N) is 1. The Labute approximate surface area is 64.3 Å². The second-order valence-corrected chi connectivity index (χ2v) is 2.52. The summed E-state index contributed by atoms with van der Waals surface area (Å²) < 4.78 is 0. The molecule has 0 radical (unpaired) electrons. The molecule has 0 atom stereocenters. The first-order valence-electron chi connectivity index (χ1n) is 4.27. The van der Waals surface area contributed by atoms with Gasteiger partial charge in [-0.25, -0.2) is 0 Å². The van der Waals surface area contributed by atoms with Crippen molar-refractivity contribution in [3.63, 3.8) is 0 Å². The van der Waals surface area contributed by atoms with E-state index in [1.807, 2.05) is 0 Å². The molecule has 1 nitrogen and oxygen atoms in total. The summed E-state index contributed by atoms with van der Waals surface area (Å²) in [5.74, 6) is 0. The first kappa shape index (κ1) is 9.70. The van der Waals surface area contributed by atoms with Crippen LogP contribution >= 0.6 is 0 Å². The standard InChI is InChI=1S/C9H19N/c1-2-3-4-5-6-7-8-9-10/h3-4H,2,5-10H2,1H3. The Morgan fingerprint density at radius 1 is 1.10 bits per heavy atom. The molecule has 0 aliphatic rings. The lowest BCUT2D eigenvalue weighted by atomic mass is 10.2. The van der Waals surface area contributed by atoms with E-state index in [-0.39, 0.29) is 0 Å². The molecule has 0 saturated carbocycles. The highest BCUT2D eigenvalue weighted by atomic mass is 14.5. The van der Waals surface area contributed by atoms with Crippen molar-refractivity contribution in [2.45, 2.75) is 39.0 Å². The quantitative estimate of drug-likeness (QED) is 0.446. The van der Waals surface area contributed by atoms with E-state index >= 15 is 0 Å². The Morgan fingerprint density at radius 3 is 2.50 bits per heavy atom. The molecule has 0 amide bonds. The van der Waals surface area contributed by atoms with Crippen LogP contribution in [-0.2, 0) is 0 Å². The smallest absolute Gasteiger partial charge is 0.00773 e. The van der Waals surface area contributed by atoms with Crippen molar-refractivity contribution >= 4 is 0 Å². The van der Waals surface area contributed by atoms with Gasteiger partial charge in [-0.1, -0.05) is 25.5 Å². The summed E-state index contributed by atoms with van der Waals surface area (Å²) in [4.78, 5) is 0. The van der Waals surface area contributed by atoms with Gasteiger partial charge in [-0.05, 0) is 32.2 Å². The van der Waals surface area contributed by atoms with Crippen LogP contribution in [-0.4, -0.2) is 6.54 Å². The van der Waals surface area contributed by atoms with Crippen molar-refractivity contribution in [3.8, 4) is 0 Å². The van der Waals surface area contributed by atoms with Gasteiger partial charge in [0.15, 0.2) is 0 Å². The predicted molar refractivity (Wildman–Crippen MR) is 47.0 cm³/mol. The van der Waals surface area contributed by atoms with E-state index < -0.39 is 0 Å². The molecule has 0 saturated heterocycles. The predicted octanol–water partition coefficient (Wildman–Crippen LogP) is 2.47. The second kappa shape index (κ2) is 8.70. The van der Waals surface area contributed by atoms with Crippen molar-refractivity contribution in [2.24, 2.45) is 5.73 Å². The van der Waals surface area contributed by atoms with Crippen molar-refractivity contribution in [3.05, 3.63) is 12.2 Å². The van der Waals surface area contributed by atoms with E-state index in [0.717, 1.165) is 13.0 Å². The third kappa shape index (κ3) is 7.70. The van der Waals surface area contributed by atoms with E-state index in [9.17, 15) is 0 Å². The monoisotopic (exact) mass is 141 g/mol. The van der Waals surface area contributed by atoms with E-state index in [0.29, 0.717) is 0 Å². The maximum absolute atomic E-state index is 5.35. The van der Waals surface area contributed by atoms with Crippen LogP contribution in [0, 0.1) is 0 Å². The van der Waals surface area contributed by atoms with E-state index in [2.05, 4.69) is 19.1 Å². The molecule has 60 valence electrons. The third-order valence-electron chi connectivity index (χ3n) is 1.48. The van der Waals surface area contributed by atoms with Crippen LogP contribution in [0.4, 0.5) is 0 Å². The highest BCUT2D eigenvalue weighted by Crippen LogP contribution is 1.99. The maximum atomic E-state index is 5.35. The van der Waals surface area contributed by atoms with Gasteiger partial charge in [-0.3, -0.25) is 0 Å². The van der Waals surface area contributed by atoms with Gasteiger partial charge in [0.05, 0.1) is 0 Å². The molecule has 0 heterocycles. The zero-order valence-corrected chi connectivity index (χ0v) is 6.97. The SMILES string of the molecule is CCC=CCCCCCN. The molecule has 0 aliphatic heterocycles. The molecule has 0 unspecified atom stereocenters. The van der Waals surface area contributed by atoms with Crippen LogP contribution in [0.3, 0.4) is 0 Å². The van der Waals surface area contributed by atoms with Gasteiger partial charge in [0.2, 0.25) is 0 Å². The lowest BCUT2D eigenvalue weighted by Gasteiger charge is -1.93. The first-order chi connectivity index (χ1) is 4.91. The number of rotatable bonds is 6. The van der Waals surface area contributed by atoms with Gasteiger partial charge in [0, 0.05) is 0 Å². The van der Waals surface area contributed by atoms with Gasteiger partial charge in [-0.15, -0.1) is 0 Å². The van der Waals surface area contributed by atoms with E-state index in [1.54, 1.807) is 0 Å². The summed E-state index contributed by atoms with van der Waals surface area (Å²) in [5, 5.41) is 0. The van der Waals surface area contributed by atoms with Gasteiger partial charge in [0.1, 0.15) is 0 Å². The normalized spacial score (nSPS) is 11.0. The summed E-state index contributed by atoms with van der Waals surface area (Å²) in [6, 6.07) is 0. The van der Waals surface area contributed by atoms with Crippen molar-refractivity contribution in [2.75, 3.05) is 6.54 Å². The molecule has 0 bridgehead atoms. The molecule has 0 aromatic rings. The molecule has 0 rings (SSSR count). The van der Waals surface area contributed by atoms with Crippen LogP contribution in [0.2, 0.25) is 0 Å². The molecule has 0 spiro atoms. The average Bonchev–Trinajstić information content (AvgIpc) is 1.97. The Hall–Kier alpha value is -0.300. The van der Waals surface area contributed by atoms with Crippen molar-refractivity contribution < 1.29 is 0 Å². The number of unbranched alkanes of at least 4 members (excludes halogenated alkanes) is 3. The number of allylic oxidation sites excluding steroid dienone is 2. The molecule has 2 N–H and O–H groups in total. The average molecular weight is 141 g/mol. The van der Waals surface area contributed by atoms with Crippen LogP contribution in [0.5, 0.6) is 0 Å². The molecule has 0 aromatic carbocycles. The minimum atomic E-state index is 0.845. The van der Waals surface area contributed by atoms with Gasteiger partial charge >= 0.3 is 0 Å². The molecule has 0 aliphatic carbocycles. The fraction of sp³-hybridized carbons (Fsp3) is 0.778.